The maximum absolute atomic E-state index is 12.2. The quantitative estimate of drug-likeness (QED) is 0.749. The molecule has 2 unspecified atom stereocenters. The Balaban J connectivity index is 2.11. The van der Waals surface area contributed by atoms with Crippen LogP contribution in [0.15, 0.2) is 11.1 Å². The van der Waals surface area contributed by atoms with Gasteiger partial charge in [-0.1, -0.05) is 13.3 Å². The maximum Gasteiger partial charge on any atom is 0.246 e. The number of nitrogen functional groups attached to an aromatic ring is 1. The normalized spacial score (nSPS) is 24.5. The molecule has 2 atom stereocenters. The van der Waals surface area contributed by atoms with E-state index in [1.807, 2.05) is 11.8 Å². The lowest BCUT2D eigenvalue weighted by atomic mass is 10.3. The molecule has 0 radical (unpaired) electrons. The van der Waals surface area contributed by atoms with Gasteiger partial charge in [-0.15, -0.1) is 0 Å². The summed E-state index contributed by atoms with van der Waals surface area (Å²) in [4.78, 5) is 0.0367. The third kappa shape index (κ3) is 2.81. The highest BCUT2D eigenvalue weighted by atomic mass is 32.2. The second-order valence-corrected chi connectivity index (χ2v) is 7.50. The van der Waals surface area contributed by atoms with Gasteiger partial charge in [0.05, 0.1) is 6.20 Å². The smallest absolute Gasteiger partial charge is 0.246 e. The Kier molecular flexibility index (Phi) is 4.18. The van der Waals surface area contributed by atoms with E-state index in [2.05, 4.69) is 21.8 Å². The van der Waals surface area contributed by atoms with Crippen molar-refractivity contribution in [2.75, 3.05) is 11.5 Å². The van der Waals surface area contributed by atoms with Crippen LogP contribution in [0.5, 0.6) is 0 Å². The Hall–Kier alpha value is -0.730. The number of nitrogens with two attached hydrogens (primary N) is 1. The number of hydrogen-bond acceptors (Lipinski definition) is 5. The van der Waals surface area contributed by atoms with Crippen LogP contribution in [0.25, 0.3) is 0 Å². The van der Waals surface area contributed by atoms with E-state index in [0.717, 1.165) is 25.0 Å². The molecule has 0 spiro atoms. The Bertz CT molecular complexity index is 500. The van der Waals surface area contributed by atoms with E-state index in [1.54, 1.807) is 0 Å². The van der Waals surface area contributed by atoms with E-state index < -0.39 is 10.0 Å². The fraction of sp³-hybridized carbons (Fsp3) is 0.700. The van der Waals surface area contributed by atoms with Crippen molar-refractivity contribution in [2.45, 2.75) is 42.4 Å². The van der Waals surface area contributed by atoms with E-state index in [1.165, 1.54) is 6.20 Å². The highest BCUT2D eigenvalue weighted by molar-refractivity contribution is 8.00. The summed E-state index contributed by atoms with van der Waals surface area (Å²) in [6.45, 7) is 2.09. The summed E-state index contributed by atoms with van der Waals surface area (Å²) >= 11 is 1.81. The van der Waals surface area contributed by atoms with Crippen molar-refractivity contribution in [3.8, 4) is 0 Å². The van der Waals surface area contributed by atoms with Gasteiger partial charge in [0.2, 0.25) is 10.0 Å². The molecule has 0 saturated heterocycles. The molecule has 0 amide bonds. The summed E-state index contributed by atoms with van der Waals surface area (Å²) in [5.74, 6) is 1.08. The molecule has 1 aromatic rings. The topological polar surface area (TPSA) is 101 Å². The number of sulfonamides is 1. The van der Waals surface area contributed by atoms with Gasteiger partial charge in [-0.05, 0) is 18.6 Å². The largest absolute Gasteiger partial charge is 0.383 e. The van der Waals surface area contributed by atoms with Gasteiger partial charge in [0.15, 0.2) is 0 Å². The Labute approximate surface area is 111 Å². The fourth-order valence-corrected chi connectivity index (χ4v) is 4.85. The first-order valence-corrected chi connectivity index (χ1v) is 8.50. The van der Waals surface area contributed by atoms with E-state index in [0.29, 0.717) is 5.25 Å². The third-order valence-electron chi connectivity index (χ3n) is 3.06. The highest BCUT2D eigenvalue weighted by Crippen LogP contribution is 2.31. The standard InChI is InChI=1S/C10H18N4O2S2/c1-2-17-8-5-3-4-7(8)14-18(15,16)9-6-12-13-10(9)11/h6-8,14H,2-5H2,1H3,(H3,11,12,13). The minimum atomic E-state index is -3.56. The summed E-state index contributed by atoms with van der Waals surface area (Å²) in [7, 11) is -3.56. The molecule has 1 heterocycles. The monoisotopic (exact) mass is 290 g/mol. The molecule has 4 N–H and O–H groups in total. The molecule has 0 aliphatic heterocycles. The minimum absolute atomic E-state index is 0.00532. The van der Waals surface area contributed by atoms with Gasteiger partial charge in [-0.3, -0.25) is 5.10 Å². The van der Waals surface area contributed by atoms with Crippen LogP contribution in [0.1, 0.15) is 26.2 Å². The van der Waals surface area contributed by atoms with Crippen LogP contribution in [0.2, 0.25) is 0 Å². The zero-order valence-electron chi connectivity index (χ0n) is 10.2. The number of nitrogens with zero attached hydrogens (tertiary/aromatic N) is 1. The molecule has 1 aliphatic carbocycles. The predicted octanol–water partition coefficient (Wildman–Crippen LogP) is 0.944. The number of H-pyrrole nitrogens is 1. The SMILES string of the molecule is CCSC1CCCC1NS(=O)(=O)c1cn[nH]c1N. The summed E-state index contributed by atoms with van der Waals surface area (Å²) in [5.41, 5.74) is 5.55. The van der Waals surface area contributed by atoms with Crippen LogP contribution in [0.3, 0.4) is 0 Å². The maximum atomic E-state index is 12.2. The van der Waals surface area contributed by atoms with Crippen LogP contribution >= 0.6 is 11.8 Å². The van der Waals surface area contributed by atoms with Gasteiger partial charge >= 0.3 is 0 Å². The second-order valence-electron chi connectivity index (χ2n) is 4.30. The molecule has 1 saturated carbocycles. The summed E-state index contributed by atoms with van der Waals surface area (Å²) < 4.78 is 27.1. The average Bonchev–Trinajstić information content (AvgIpc) is 2.89. The van der Waals surface area contributed by atoms with Crippen LogP contribution in [-0.2, 0) is 10.0 Å². The van der Waals surface area contributed by atoms with Crippen molar-refractivity contribution in [3.63, 3.8) is 0 Å². The lowest BCUT2D eigenvalue weighted by molar-refractivity contribution is 0.555. The molecule has 8 heteroatoms. The number of aromatic nitrogens is 2. The molecular weight excluding hydrogens is 272 g/mol. The molecule has 0 aromatic carbocycles. The lowest BCUT2D eigenvalue weighted by Gasteiger charge is -2.19. The first kappa shape index (κ1) is 13.7. The minimum Gasteiger partial charge on any atom is -0.383 e. The van der Waals surface area contributed by atoms with Crippen molar-refractivity contribution in [1.29, 1.82) is 0 Å². The zero-order chi connectivity index (χ0) is 13.2. The van der Waals surface area contributed by atoms with E-state index in [-0.39, 0.29) is 16.8 Å². The number of rotatable bonds is 5. The molecular formula is C10H18N4O2S2. The Morgan fingerprint density at radius 3 is 3.00 bits per heavy atom. The second kappa shape index (κ2) is 5.50. The number of aromatic amines is 1. The molecule has 1 aliphatic rings. The average molecular weight is 290 g/mol. The first-order valence-electron chi connectivity index (χ1n) is 5.97. The molecule has 1 aromatic heterocycles. The molecule has 1 fully saturated rings. The zero-order valence-corrected chi connectivity index (χ0v) is 11.9. The van der Waals surface area contributed by atoms with Gasteiger partial charge in [0.25, 0.3) is 0 Å². The molecule has 0 bridgehead atoms. The third-order valence-corrected chi connectivity index (χ3v) is 5.90. The van der Waals surface area contributed by atoms with Gasteiger partial charge in [-0.25, -0.2) is 13.1 Å². The van der Waals surface area contributed by atoms with Crippen LogP contribution in [-0.4, -0.2) is 35.7 Å². The number of thioether (sulfide) groups is 1. The van der Waals surface area contributed by atoms with E-state index >= 15 is 0 Å². The number of hydrogen-bond donors (Lipinski definition) is 3. The highest BCUT2D eigenvalue weighted by Gasteiger charge is 2.32. The van der Waals surface area contributed by atoms with E-state index in [9.17, 15) is 8.42 Å². The molecule has 102 valence electrons. The summed E-state index contributed by atoms with van der Waals surface area (Å²) in [5, 5.41) is 6.44. The number of nitrogens with one attached hydrogen (secondary N) is 2. The van der Waals surface area contributed by atoms with Gasteiger partial charge < -0.3 is 5.73 Å². The van der Waals surface area contributed by atoms with Crippen LogP contribution in [0, 0.1) is 0 Å². The molecule has 18 heavy (non-hydrogen) atoms. The lowest BCUT2D eigenvalue weighted by Crippen LogP contribution is -2.38. The first-order chi connectivity index (χ1) is 8.54. The van der Waals surface area contributed by atoms with Crippen molar-refractivity contribution in [3.05, 3.63) is 6.20 Å². The van der Waals surface area contributed by atoms with Crippen molar-refractivity contribution in [1.82, 2.24) is 14.9 Å². The van der Waals surface area contributed by atoms with Crippen molar-refractivity contribution >= 4 is 27.6 Å². The number of anilines is 1. The molecule has 6 nitrogen and oxygen atoms in total. The summed E-state index contributed by atoms with van der Waals surface area (Å²) in [6, 6.07) is -0.00532. The van der Waals surface area contributed by atoms with E-state index in [4.69, 9.17) is 5.73 Å². The van der Waals surface area contributed by atoms with Crippen molar-refractivity contribution in [2.24, 2.45) is 0 Å². The predicted molar refractivity (Wildman–Crippen MR) is 72.9 cm³/mol. The van der Waals surface area contributed by atoms with Gasteiger partial charge in [0.1, 0.15) is 10.7 Å². The van der Waals surface area contributed by atoms with Crippen LogP contribution < -0.4 is 10.5 Å². The Morgan fingerprint density at radius 2 is 2.39 bits per heavy atom. The Morgan fingerprint density at radius 1 is 1.61 bits per heavy atom. The van der Waals surface area contributed by atoms with Crippen molar-refractivity contribution < 1.29 is 8.42 Å². The van der Waals surface area contributed by atoms with Gasteiger partial charge in [0, 0.05) is 11.3 Å². The van der Waals surface area contributed by atoms with Crippen LogP contribution in [0.4, 0.5) is 5.82 Å². The fourth-order valence-electron chi connectivity index (χ4n) is 2.24. The summed E-state index contributed by atoms with van der Waals surface area (Å²) in [6.07, 6.45) is 4.25. The van der Waals surface area contributed by atoms with Gasteiger partial charge in [-0.2, -0.15) is 16.9 Å². The molecule has 2 rings (SSSR count).